The van der Waals surface area contributed by atoms with E-state index in [0.717, 1.165) is 34.4 Å². The van der Waals surface area contributed by atoms with Crippen LogP contribution in [0.1, 0.15) is 43.9 Å². The highest BCUT2D eigenvalue weighted by Crippen LogP contribution is 2.32. The van der Waals surface area contributed by atoms with E-state index < -0.39 is 10.0 Å². The van der Waals surface area contributed by atoms with Crippen LogP contribution < -0.4 is 9.62 Å². The minimum absolute atomic E-state index is 0.0493. The lowest BCUT2D eigenvalue weighted by molar-refractivity contribution is -0.118. The molecule has 0 spiro atoms. The molecule has 1 N–H and O–H groups in total. The van der Waals surface area contributed by atoms with E-state index >= 15 is 0 Å². The molecule has 27 heavy (non-hydrogen) atoms. The summed E-state index contributed by atoms with van der Waals surface area (Å²) in [5, 5.41) is 0. The first-order valence-electron chi connectivity index (χ1n) is 9.19. The molecule has 1 atom stereocenters. The predicted octanol–water partition coefficient (Wildman–Crippen LogP) is 3.05. The van der Waals surface area contributed by atoms with Gasteiger partial charge in [-0.25, -0.2) is 13.1 Å². The predicted molar refractivity (Wildman–Crippen MR) is 107 cm³/mol. The van der Waals surface area contributed by atoms with Crippen LogP contribution in [0.2, 0.25) is 0 Å². The number of nitrogens with zero attached hydrogens (tertiary/aromatic N) is 2. The SMILES string of the molecule is CC[C@@H](NS(=O)(=O)CC)c1cncc(-c2ccc3c(c2)CCC(=O)N3C)c1. The van der Waals surface area contributed by atoms with Crippen LogP contribution in [0.4, 0.5) is 5.69 Å². The van der Waals surface area contributed by atoms with E-state index in [1.165, 1.54) is 0 Å². The van der Waals surface area contributed by atoms with Crippen LogP contribution in [0, 0.1) is 0 Å². The lowest BCUT2D eigenvalue weighted by Gasteiger charge is -2.26. The van der Waals surface area contributed by atoms with Gasteiger partial charge >= 0.3 is 0 Å². The molecule has 2 aromatic rings. The number of aromatic nitrogens is 1. The number of anilines is 1. The van der Waals surface area contributed by atoms with Crippen molar-refractivity contribution in [1.82, 2.24) is 9.71 Å². The number of carbonyl (C=O) groups excluding carboxylic acids is 1. The minimum Gasteiger partial charge on any atom is -0.315 e. The summed E-state index contributed by atoms with van der Waals surface area (Å²) >= 11 is 0. The number of rotatable bonds is 6. The number of hydrogen-bond donors (Lipinski definition) is 1. The van der Waals surface area contributed by atoms with Gasteiger partial charge in [0, 0.05) is 43.2 Å². The molecule has 3 rings (SSSR count). The Hall–Kier alpha value is -2.25. The van der Waals surface area contributed by atoms with E-state index in [1.807, 2.05) is 25.1 Å². The molecule has 144 valence electrons. The van der Waals surface area contributed by atoms with Gasteiger partial charge in [-0.05, 0) is 54.7 Å². The molecule has 0 fully saturated rings. The summed E-state index contributed by atoms with van der Waals surface area (Å²) in [6.45, 7) is 3.57. The summed E-state index contributed by atoms with van der Waals surface area (Å²) in [7, 11) is -1.50. The number of benzene rings is 1. The van der Waals surface area contributed by atoms with Crippen molar-refractivity contribution in [2.24, 2.45) is 0 Å². The molecule has 0 saturated heterocycles. The quantitative estimate of drug-likeness (QED) is 0.826. The molecule has 6 nitrogen and oxygen atoms in total. The molecule has 1 amide bonds. The fourth-order valence-corrected chi connectivity index (χ4v) is 4.23. The molecule has 0 unspecified atom stereocenters. The van der Waals surface area contributed by atoms with E-state index in [1.54, 1.807) is 31.3 Å². The zero-order valence-electron chi connectivity index (χ0n) is 15.9. The highest BCUT2D eigenvalue weighted by Gasteiger charge is 2.21. The Morgan fingerprint density at radius 3 is 2.63 bits per heavy atom. The lowest BCUT2D eigenvalue weighted by Crippen LogP contribution is -2.31. The maximum Gasteiger partial charge on any atom is 0.227 e. The van der Waals surface area contributed by atoms with E-state index in [0.29, 0.717) is 12.8 Å². The Balaban J connectivity index is 1.93. The summed E-state index contributed by atoms with van der Waals surface area (Å²) in [6.07, 6.45) is 5.38. The van der Waals surface area contributed by atoms with Gasteiger partial charge in [0.15, 0.2) is 0 Å². The van der Waals surface area contributed by atoms with Crippen molar-refractivity contribution in [3.8, 4) is 11.1 Å². The molecule has 0 radical (unpaired) electrons. The molecule has 0 bridgehead atoms. The van der Waals surface area contributed by atoms with E-state index in [4.69, 9.17) is 0 Å². The van der Waals surface area contributed by atoms with Crippen LogP contribution in [-0.4, -0.2) is 32.1 Å². The summed E-state index contributed by atoms with van der Waals surface area (Å²) in [5.41, 5.74) is 4.88. The molecule has 1 aromatic heterocycles. The Morgan fingerprint density at radius 2 is 1.93 bits per heavy atom. The molecule has 1 aliphatic rings. The highest BCUT2D eigenvalue weighted by atomic mass is 32.2. The van der Waals surface area contributed by atoms with Crippen molar-refractivity contribution < 1.29 is 13.2 Å². The molecule has 1 aromatic carbocycles. The zero-order chi connectivity index (χ0) is 19.6. The van der Waals surface area contributed by atoms with E-state index in [9.17, 15) is 13.2 Å². The largest absolute Gasteiger partial charge is 0.315 e. The Bertz CT molecular complexity index is 957. The standard InChI is InChI=1S/C20H25N3O3S/c1-4-18(22-27(25,26)5-2)17-11-16(12-21-13-17)14-6-8-19-15(10-14)7-9-20(24)23(19)3/h6,8,10-13,18,22H,4-5,7,9H2,1-3H3/t18-/m1/s1. The number of fused-ring (bicyclic) bond motifs is 1. The van der Waals surface area contributed by atoms with Crippen molar-refractivity contribution >= 4 is 21.6 Å². The van der Waals surface area contributed by atoms with Gasteiger partial charge in [-0.2, -0.15) is 0 Å². The summed E-state index contributed by atoms with van der Waals surface area (Å²) in [6, 6.07) is 7.72. The molecule has 0 saturated carbocycles. The van der Waals surface area contributed by atoms with Gasteiger partial charge in [-0.1, -0.05) is 13.0 Å². The maximum atomic E-state index is 12.0. The monoisotopic (exact) mass is 387 g/mol. The smallest absolute Gasteiger partial charge is 0.227 e. The molecule has 2 heterocycles. The average molecular weight is 388 g/mol. The lowest BCUT2D eigenvalue weighted by atomic mass is 9.95. The molecule has 0 aliphatic carbocycles. The van der Waals surface area contributed by atoms with Crippen molar-refractivity contribution in [1.29, 1.82) is 0 Å². The van der Waals surface area contributed by atoms with Gasteiger partial charge in [-0.15, -0.1) is 0 Å². The van der Waals surface area contributed by atoms with Crippen molar-refractivity contribution in [3.63, 3.8) is 0 Å². The minimum atomic E-state index is -3.30. The van der Waals surface area contributed by atoms with Crippen LogP contribution in [0.5, 0.6) is 0 Å². The van der Waals surface area contributed by atoms with Crippen molar-refractivity contribution in [3.05, 3.63) is 47.8 Å². The zero-order valence-corrected chi connectivity index (χ0v) is 16.7. The topological polar surface area (TPSA) is 79.4 Å². The number of nitrogens with one attached hydrogen (secondary N) is 1. The van der Waals surface area contributed by atoms with Gasteiger partial charge in [0.05, 0.1) is 5.75 Å². The Kier molecular flexibility index (Phi) is 5.62. The third-order valence-electron chi connectivity index (χ3n) is 5.03. The second-order valence-electron chi connectivity index (χ2n) is 6.79. The Labute approximate surface area is 160 Å². The van der Waals surface area contributed by atoms with Crippen LogP contribution >= 0.6 is 0 Å². The van der Waals surface area contributed by atoms with Crippen LogP contribution in [0.15, 0.2) is 36.7 Å². The first kappa shape index (κ1) is 19.5. The number of pyridine rings is 1. The van der Waals surface area contributed by atoms with Crippen LogP contribution in [0.25, 0.3) is 11.1 Å². The first-order valence-corrected chi connectivity index (χ1v) is 10.8. The molecular formula is C20H25N3O3S. The van der Waals surface area contributed by atoms with Gasteiger partial charge in [-0.3, -0.25) is 9.78 Å². The van der Waals surface area contributed by atoms with E-state index in [-0.39, 0.29) is 17.7 Å². The maximum absolute atomic E-state index is 12.0. The third kappa shape index (κ3) is 4.20. The van der Waals surface area contributed by atoms with Crippen LogP contribution in [0.3, 0.4) is 0 Å². The molecule has 1 aliphatic heterocycles. The van der Waals surface area contributed by atoms with Gasteiger partial charge in [0.2, 0.25) is 15.9 Å². The average Bonchev–Trinajstić information content (AvgIpc) is 2.69. The number of hydrogen-bond acceptors (Lipinski definition) is 4. The summed E-state index contributed by atoms with van der Waals surface area (Å²) in [4.78, 5) is 17.9. The van der Waals surface area contributed by atoms with Gasteiger partial charge in [0.25, 0.3) is 0 Å². The van der Waals surface area contributed by atoms with E-state index in [2.05, 4.69) is 15.8 Å². The highest BCUT2D eigenvalue weighted by molar-refractivity contribution is 7.89. The fraction of sp³-hybridized carbons (Fsp3) is 0.400. The number of amides is 1. The molecule has 7 heteroatoms. The first-order chi connectivity index (χ1) is 12.8. The fourth-order valence-electron chi connectivity index (χ4n) is 3.33. The third-order valence-corrected chi connectivity index (χ3v) is 6.43. The van der Waals surface area contributed by atoms with Crippen molar-refractivity contribution in [2.45, 2.75) is 39.2 Å². The summed E-state index contributed by atoms with van der Waals surface area (Å²) < 4.78 is 26.6. The number of aryl methyl sites for hydroxylation is 1. The second kappa shape index (κ2) is 7.78. The second-order valence-corrected chi connectivity index (χ2v) is 8.83. The summed E-state index contributed by atoms with van der Waals surface area (Å²) in [5.74, 6) is 0.182. The van der Waals surface area contributed by atoms with Crippen LogP contribution in [-0.2, 0) is 21.2 Å². The number of sulfonamides is 1. The van der Waals surface area contributed by atoms with Gasteiger partial charge < -0.3 is 4.90 Å². The Morgan fingerprint density at radius 1 is 1.15 bits per heavy atom. The number of carbonyl (C=O) groups is 1. The van der Waals surface area contributed by atoms with Crippen molar-refractivity contribution in [2.75, 3.05) is 17.7 Å². The molecular weight excluding hydrogens is 362 g/mol. The normalized spacial score (nSPS) is 15.5. The van der Waals surface area contributed by atoms with Gasteiger partial charge in [0.1, 0.15) is 0 Å².